The van der Waals surface area contributed by atoms with Crippen molar-refractivity contribution in [1.29, 1.82) is 0 Å². The van der Waals surface area contributed by atoms with Crippen molar-refractivity contribution in [3.05, 3.63) is 105 Å². The Balaban J connectivity index is 1.61. The van der Waals surface area contributed by atoms with Crippen molar-refractivity contribution in [2.45, 2.75) is 26.1 Å². The molecular weight excluding hydrogens is 461 g/mol. The summed E-state index contributed by atoms with van der Waals surface area (Å²) in [6.45, 7) is 2.08. The number of ether oxygens (including phenoxy) is 1. The number of carbonyl (C=O) groups is 1. The molecule has 1 N–H and O–H groups in total. The fourth-order valence-corrected chi connectivity index (χ4v) is 3.93. The Morgan fingerprint density at radius 2 is 1.76 bits per heavy atom. The molecule has 0 spiro atoms. The molecule has 0 saturated heterocycles. The summed E-state index contributed by atoms with van der Waals surface area (Å²) in [5.41, 5.74) is 1.26. The first-order valence-electron chi connectivity index (χ1n) is 10.3. The normalized spacial score (nSPS) is 11.8. The van der Waals surface area contributed by atoms with Gasteiger partial charge in [0.1, 0.15) is 11.6 Å². The van der Waals surface area contributed by atoms with Gasteiger partial charge in [0.15, 0.2) is 6.10 Å². The van der Waals surface area contributed by atoms with Crippen molar-refractivity contribution >= 4 is 40.0 Å². The number of fused-ring (bicyclic) bond motifs is 1. The van der Waals surface area contributed by atoms with Gasteiger partial charge in [-0.25, -0.2) is 4.98 Å². The molecular formula is C25H21Cl2N3O3. The minimum absolute atomic E-state index is 0.107. The highest BCUT2D eigenvalue weighted by Gasteiger charge is 2.24. The molecule has 1 atom stereocenters. The quantitative estimate of drug-likeness (QED) is 0.392. The predicted octanol–water partition coefficient (Wildman–Crippen LogP) is 5.23. The Labute approximate surface area is 200 Å². The molecule has 0 aliphatic carbocycles. The second-order valence-corrected chi connectivity index (χ2v) is 8.39. The van der Waals surface area contributed by atoms with Crippen LogP contribution < -0.4 is 10.3 Å². The number of rotatable bonds is 7. The van der Waals surface area contributed by atoms with Crippen LogP contribution >= 0.6 is 23.2 Å². The molecule has 33 heavy (non-hydrogen) atoms. The van der Waals surface area contributed by atoms with Gasteiger partial charge >= 0.3 is 0 Å². The molecule has 0 aliphatic rings. The van der Waals surface area contributed by atoms with E-state index in [1.165, 1.54) is 0 Å². The minimum Gasteiger partial charge on any atom is -0.479 e. The van der Waals surface area contributed by atoms with E-state index in [4.69, 9.17) is 27.9 Å². The third kappa shape index (κ3) is 5.53. The number of carbonyl (C=O) groups excluding carboxylic acids is 1. The van der Waals surface area contributed by atoms with Crippen LogP contribution in [0.25, 0.3) is 10.9 Å². The smallest absolute Gasteiger partial charge is 0.264 e. The fraction of sp³-hybridized carbons (Fsp3) is 0.160. The standard InChI is InChI=1S/C25H21Cl2N3O3/c1-16(33-22-12-11-18(26)13-20(22)27)25(32)30(14-17-7-3-2-4-8-17)15-23-28-21-10-6-5-9-19(21)24(31)29-23/h2-13,16H,14-15H2,1H3,(H,28,29,31). The average Bonchev–Trinajstić information content (AvgIpc) is 2.80. The van der Waals surface area contributed by atoms with Crippen molar-refractivity contribution in [2.24, 2.45) is 0 Å². The number of aromatic amines is 1. The SMILES string of the molecule is CC(Oc1ccc(Cl)cc1Cl)C(=O)N(Cc1ccccc1)Cc1nc2ccccc2c(=O)[nH]1. The minimum atomic E-state index is -0.834. The molecule has 6 nitrogen and oxygen atoms in total. The van der Waals surface area contributed by atoms with Gasteiger partial charge < -0.3 is 14.6 Å². The van der Waals surface area contributed by atoms with Crippen LogP contribution in [-0.2, 0) is 17.9 Å². The maximum atomic E-state index is 13.4. The van der Waals surface area contributed by atoms with Gasteiger partial charge in [-0.15, -0.1) is 0 Å². The lowest BCUT2D eigenvalue weighted by atomic mass is 10.2. The maximum absolute atomic E-state index is 13.4. The van der Waals surface area contributed by atoms with Gasteiger partial charge in [-0.1, -0.05) is 65.7 Å². The average molecular weight is 482 g/mol. The van der Waals surface area contributed by atoms with Crippen molar-refractivity contribution in [2.75, 3.05) is 0 Å². The molecule has 0 radical (unpaired) electrons. The monoisotopic (exact) mass is 481 g/mol. The molecule has 0 saturated carbocycles. The number of benzene rings is 3. The third-order valence-electron chi connectivity index (χ3n) is 5.08. The molecule has 0 aliphatic heterocycles. The highest BCUT2D eigenvalue weighted by molar-refractivity contribution is 6.35. The summed E-state index contributed by atoms with van der Waals surface area (Å²) in [4.78, 5) is 34.8. The van der Waals surface area contributed by atoms with E-state index in [1.54, 1.807) is 48.2 Å². The number of aromatic nitrogens is 2. The number of halogens is 2. The number of nitrogens with one attached hydrogen (secondary N) is 1. The van der Waals surface area contributed by atoms with Gasteiger partial charge in [0.2, 0.25) is 0 Å². The Morgan fingerprint density at radius 1 is 1.03 bits per heavy atom. The van der Waals surface area contributed by atoms with Crippen LogP contribution in [0.1, 0.15) is 18.3 Å². The van der Waals surface area contributed by atoms with Gasteiger partial charge in [0.25, 0.3) is 11.5 Å². The topological polar surface area (TPSA) is 75.3 Å². The molecule has 1 unspecified atom stereocenters. The van der Waals surface area contributed by atoms with E-state index < -0.39 is 6.10 Å². The zero-order valence-corrected chi connectivity index (χ0v) is 19.3. The van der Waals surface area contributed by atoms with Gasteiger partial charge in [-0.3, -0.25) is 9.59 Å². The molecule has 1 heterocycles. The number of hydrogen-bond donors (Lipinski definition) is 1. The van der Waals surface area contributed by atoms with Crippen molar-refractivity contribution in [1.82, 2.24) is 14.9 Å². The number of amides is 1. The van der Waals surface area contributed by atoms with E-state index in [9.17, 15) is 9.59 Å². The van der Waals surface area contributed by atoms with E-state index in [1.807, 2.05) is 36.4 Å². The molecule has 4 rings (SSSR count). The first-order chi connectivity index (χ1) is 15.9. The lowest BCUT2D eigenvalue weighted by Crippen LogP contribution is -2.40. The fourth-order valence-electron chi connectivity index (χ4n) is 3.47. The summed E-state index contributed by atoms with van der Waals surface area (Å²) < 4.78 is 5.84. The van der Waals surface area contributed by atoms with Gasteiger partial charge in [0, 0.05) is 11.6 Å². The molecule has 0 fully saturated rings. The van der Waals surface area contributed by atoms with Crippen LogP contribution in [0.5, 0.6) is 5.75 Å². The summed E-state index contributed by atoms with van der Waals surface area (Å²) in [6.07, 6.45) is -0.834. The van der Waals surface area contributed by atoms with E-state index >= 15 is 0 Å². The zero-order chi connectivity index (χ0) is 23.4. The van der Waals surface area contributed by atoms with E-state index in [2.05, 4.69) is 9.97 Å². The summed E-state index contributed by atoms with van der Waals surface area (Å²) in [6, 6.07) is 21.5. The number of H-pyrrole nitrogens is 1. The Hall–Kier alpha value is -3.35. The second kappa shape index (κ2) is 10.1. The molecule has 4 aromatic rings. The van der Waals surface area contributed by atoms with Crippen LogP contribution in [0.15, 0.2) is 77.6 Å². The van der Waals surface area contributed by atoms with E-state index in [0.29, 0.717) is 39.1 Å². The number of para-hydroxylation sites is 1. The predicted molar refractivity (Wildman–Crippen MR) is 130 cm³/mol. The van der Waals surface area contributed by atoms with Crippen molar-refractivity contribution < 1.29 is 9.53 Å². The summed E-state index contributed by atoms with van der Waals surface area (Å²) in [7, 11) is 0. The molecule has 3 aromatic carbocycles. The van der Waals surface area contributed by atoms with E-state index in [-0.39, 0.29) is 18.0 Å². The van der Waals surface area contributed by atoms with Gasteiger partial charge in [-0.05, 0) is 42.8 Å². The maximum Gasteiger partial charge on any atom is 0.264 e. The molecule has 8 heteroatoms. The first kappa shape index (κ1) is 22.8. The summed E-state index contributed by atoms with van der Waals surface area (Å²) in [5, 5.41) is 1.29. The van der Waals surface area contributed by atoms with Gasteiger partial charge in [-0.2, -0.15) is 0 Å². The largest absolute Gasteiger partial charge is 0.479 e. The lowest BCUT2D eigenvalue weighted by Gasteiger charge is -2.26. The number of hydrogen-bond acceptors (Lipinski definition) is 4. The van der Waals surface area contributed by atoms with E-state index in [0.717, 1.165) is 5.56 Å². The third-order valence-corrected chi connectivity index (χ3v) is 5.61. The first-order valence-corrected chi connectivity index (χ1v) is 11.1. The molecule has 1 aromatic heterocycles. The lowest BCUT2D eigenvalue weighted by molar-refractivity contribution is -0.139. The number of nitrogens with zero attached hydrogens (tertiary/aromatic N) is 2. The second-order valence-electron chi connectivity index (χ2n) is 7.54. The molecule has 0 bridgehead atoms. The van der Waals surface area contributed by atoms with Crippen molar-refractivity contribution in [3.63, 3.8) is 0 Å². The highest BCUT2D eigenvalue weighted by atomic mass is 35.5. The summed E-state index contributed by atoms with van der Waals surface area (Å²) >= 11 is 12.2. The van der Waals surface area contributed by atoms with Crippen LogP contribution in [0.2, 0.25) is 10.0 Å². The zero-order valence-electron chi connectivity index (χ0n) is 17.8. The van der Waals surface area contributed by atoms with Crippen LogP contribution in [-0.4, -0.2) is 26.9 Å². The highest BCUT2D eigenvalue weighted by Crippen LogP contribution is 2.28. The molecule has 1 amide bonds. The van der Waals surface area contributed by atoms with Crippen LogP contribution in [0.4, 0.5) is 0 Å². The van der Waals surface area contributed by atoms with Crippen LogP contribution in [0, 0.1) is 0 Å². The van der Waals surface area contributed by atoms with Gasteiger partial charge in [0.05, 0.1) is 22.5 Å². The Kier molecular flexibility index (Phi) is 6.96. The molecule has 168 valence electrons. The Morgan fingerprint density at radius 3 is 2.52 bits per heavy atom. The summed E-state index contributed by atoms with van der Waals surface area (Å²) in [5.74, 6) is 0.471. The Bertz CT molecular complexity index is 1340. The van der Waals surface area contributed by atoms with Crippen molar-refractivity contribution in [3.8, 4) is 5.75 Å². The van der Waals surface area contributed by atoms with Crippen LogP contribution in [0.3, 0.4) is 0 Å².